The average molecular weight is 246 g/mol. The maximum Gasteiger partial charge on any atom is 0.114 e. The zero-order valence-corrected chi connectivity index (χ0v) is 11.6. The summed E-state index contributed by atoms with van der Waals surface area (Å²) in [7, 11) is 0. The highest BCUT2D eigenvalue weighted by Gasteiger charge is 2.14. The predicted octanol–water partition coefficient (Wildman–Crippen LogP) is 4.13. The second-order valence-corrected chi connectivity index (χ2v) is 5.80. The van der Waals surface area contributed by atoms with Crippen LogP contribution >= 0.6 is 11.3 Å². The highest BCUT2D eigenvalue weighted by atomic mass is 32.1. The number of nitrogens with zero attached hydrogens (tertiary/aromatic N) is 1. The Balaban J connectivity index is 2.56. The number of anilines is 1. The van der Waals surface area contributed by atoms with Crippen molar-refractivity contribution in [2.24, 2.45) is 0 Å². The molecule has 1 aromatic carbocycles. The fraction of sp³-hybridized carbons (Fsp3) is 0.357. The molecule has 0 aliphatic rings. The second-order valence-electron chi connectivity index (χ2n) is 4.74. The first kappa shape index (κ1) is 12.1. The number of benzene rings is 1. The van der Waals surface area contributed by atoms with E-state index in [2.05, 4.69) is 50.9 Å². The van der Waals surface area contributed by atoms with Gasteiger partial charge >= 0.3 is 0 Å². The Morgan fingerprint density at radius 1 is 1.24 bits per heavy atom. The Labute approximate surface area is 107 Å². The number of nitrogens with two attached hydrogens (primary N) is 1. The van der Waals surface area contributed by atoms with Gasteiger partial charge in [-0.2, -0.15) is 0 Å². The highest BCUT2D eigenvalue weighted by Crippen LogP contribution is 2.35. The molecule has 3 heteroatoms. The smallest absolute Gasteiger partial charge is 0.114 e. The minimum Gasteiger partial charge on any atom is -0.389 e. The van der Waals surface area contributed by atoms with Gasteiger partial charge in [0.25, 0.3) is 0 Å². The summed E-state index contributed by atoms with van der Waals surface area (Å²) < 4.78 is 0. The summed E-state index contributed by atoms with van der Waals surface area (Å²) in [5.41, 5.74) is 10.7. The van der Waals surface area contributed by atoms with E-state index in [1.807, 2.05) is 0 Å². The summed E-state index contributed by atoms with van der Waals surface area (Å²) in [5, 5.41) is 1.93. The summed E-state index contributed by atoms with van der Waals surface area (Å²) >= 11 is 1.60. The maximum atomic E-state index is 6.09. The van der Waals surface area contributed by atoms with Crippen LogP contribution in [-0.4, -0.2) is 4.98 Å². The molecule has 0 aliphatic heterocycles. The summed E-state index contributed by atoms with van der Waals surface area (Å²) in [5.74, 6) is 0.432. The lowest BCUT2D eigenvalue weighted by Gasteiger charge is -2.05. The topological polar surface area (TPSA) is 38.9 Å². The molecule has 0 radical (unpaired) electrons. The van der Waals surface area contributed by atoms with Gasteiger partial charge in [0.2, 0.25) is 0 Å². The van der Waals surface area contributed by atoms with E-state index in [1.54, 1.807) is 11.3 Å². The molecule has 17 heavy (non-hydrogen) atoms. The molecular formula is C14H18N2S. The van der Waals surface area contributed by atoms with Gasteiger partial charge in [-0.05, 0) is 25.5 Å². The molecule has 0 saturated heterocycles. The van der Waals surface area contributed by atoms with Gasteiger partial charge in [0.15, 0.2) is 0 Å². The molecule has 2 nitrogen and oxygen atoms in total. The molecule has 2 N–H and O–H groups in total. The Bertz CT molecular complexity index is 541. The van der Waals surface area contributed by atoms with Crippen molar-refractivity contribution in [3.63, 3.8) is 0 Å². The number of hydrogen-bond donors (Lipinski definition) is 1. The van der Waals surface area contributed by atoms with Gasteiger partial charge in [-0.25, -0.2) is 4.98 Å². The van der Waals surface area contributed by atoms with Crippen LogP contribution in [0, 0.1) is 13.8 Å². The molecule has 2 rings (SSSR count). The largest absolute Gasteiger partial charge is 0.389 e. The second kappa shape index (κ2) is 4.49. The van der Waals surface area contributed by atoms with E-state index < -0.39 is 0 Å². The van der Waals surface area contributed by atoms with Crippen LogP contribution in [0.1, 0.15) is 35.9 Å². The first-order valence-electron chi connectivity index (χ1n) is 5.83. The number of aryl methyl sites for hydroxylation is 2. The SMILES string of the molecule is Cc1ccc(C)c(-c2nc(C(C)C)sc2N)c1. The van der Waals surface area contributed by atoms with Crippen LogP contribution in [0.15, 0.2) is 18.2 Å². The average Bonchev–Trinajstić information content (AvgIpc) is 2.64. The van der Waals surface area contributed by atoms with Gasteiger partial charge in [0, 0.05) is 11.5 Å². The van der Waals surface area contributed by atoms with E-state index in [4.69, 9.17) is 5.73 Å². The minimum atomic E-state index is 0.432. The van der Waals surface area contributed by atoms with Gasteiger partial charge in [0.1, 0.15) is 10.7 Å². The molecule has 2 aromatic rings. The quantitative estimate of drug-likeness (QED) is 0.865. The molecule has 90 valence electrons. The zero-order chi connectivity index (χ0) is 12.6. The Morgan fingerprint density at radius 3 is 2.53 bits per heavy atom. The summed E-state index contributed by atoms with van der Waals surface area (Å²) in [6.45, 7) is 8.48. The monoisotopic (exact) mass is 246 g/mol. The van der Waals surface area contributed by atoms with Crippen molar-refractivity contribution in [1.82, 2.24) is 4.98 Å². The van der Waals surface area contributed by atoms with Crippen molar-refractivity contribution in [2.45, 2.75) is 33.6 Å². The van der Waals surface area contributed by atoms with E-state index in [0.717, 1.165) is 21.3 Å². The van der Waals surface area contributed by atoms with Crippen molar-refractivity contribution in [1.29, 1.82) is 0 Å². The Morgan fingerprint density at radius 2 is 1.94 bits per heavy atom. The van der Waals surface area contributed by atoms with Gasteiger partial charge in [-0.3, -0.25) is 0 Å². The number of rotatable bonds is 2. The normalized spacial score (nSPS) is 11.1. The van der Waals surface area contributed by atoms with Gasteiger partial charge in [-0.15, -0.1) is 11.3 Å². The van der Waals surface area contributed by atoms with Crippen LogP contribution in [-0.2, 0) is 0 Å². The van der Waals surface area contributed by atoms with Crippen LogP contribution < -0.4 is 5.73 Å². The van der Waals surface area contributed by atoms with Crippen molar-refractivity contribution in [3.8, 4) is 11.3 Å². The molecule has 0 atom stereocenters. The van der Waals surface area contributed by atoms with E-state index >= 15 is 0 Å². The number of thiazole rings is 1. The van der Waals surface area contributed by atoms with Crippen LogP contribution in [0.3, 0.4) is 0 Å². The molecule has 0 spiro atoms. The fourth-order valence-corrected chi connectivity index (χ4v) is 2.63. The summed E-state index contributed by atoms with van der Waals surface area (Å²) in [4.78, 5) is 4.68. The zero-order valence-electron chi connectivity index (χ0n) is 10.7. The van der Waals surface area contributed by atoms with Crippen LogP contribution in [0.4, 0.5) is 5.00 Å². The number of aromatic nitrogens is 1. The fourth-order valence-electron chi connectivity index (χ4n) is 1.78. The lowest BCUT2D eigenvalue weighted by atomic mass is 10.0. The minimum absolute atomic E-state index is 0.432. The maximum absolute atomic E-state index is 6.09. The number of hydrogen-bond acceptors (Lipinski definition) is 3. The summed E-state index contributed by atoms with van der Waals surface area (Å²) in [6.07, 6.45) is 0. The standard InChI is InChI=1S/C14H18N2S/c1-8(2)14-16-12(13(15)17-14)11-7-9(3)5-6-10(11)4/h5-8H,15H2,1-4H3. The molecule has 0 saturated carbocycles. The molecule has 0 bridgehead atoms. The van der Waals surface area contributed by atoms with E-state index in [-0.39, 0.29) is 0 Å². The van der Waals surface area contributed by atoms with Crippen molar-refractivity contribution in [2.75, 3.05) is 5.73 Å². The Hall–Kier alpha value is -1.35. The lowest BCUT2D eigenvalue weighted by Crippen LogP contribution is -1.91. The van der Waals surface area contributed by atoms with E-state index in [1.165, 1.54) is 11.1 Å². The highest BCUT2D eigenvalue weighted by molar-refractivity contribution is 7.16. The molecule has 1 aromatic heterocycles. The Kier molecular flexibility index (Phi) is 3.20. The summed E-state index contributed by atoms with van der Waals surface area (Å²) in [6, 6.07) is 6.40. The third-order valence-corrected chi connectivity index (χ3v) is 4.00. The van der Waals surface area contributed by atoms with Crippen molar-refractivity contribution >= 4 is 16.3 Å². The molecule has 0 amide bonds. The van der Waals surface area contributed by atoms with Gasteiger partial charge in [0.05, 0.1) is 5.01 Å². The van der Waals surface area contributed by atoms with Crippen LogP contribution in [0.2, 0.25) is 0 Å². The predicted molar refractivity (Wildman–Crippen MR) is 75.5 cm³/mol. The van der Waals surface area contributed by atoms with Gasteiger partial charge < -0.3 is 5.73 Å². The molecule has 0 aliphatic carbocycles. The van der Waals surface area contributed by atoms with Gasteiger partial charge in [-0.1, -0.05) is 31.5 Å². The first-order valence-corrected chi connectivity index (χ1v) is 6.64. The van der Waals surface area contributed by atoms with Crippen LogP contribution in [0.25, 0.3) is 11.3 Å². The molecule has 0 fully saturated rings. The molecule has 1 heterocycles. The molecule has 0 unspecified atom stereocenters. The van der Waals surface area contributed by atoms with E-state index in [9.17, 15) is 0 Å². The lowest BCUT2D eigenvalue weighted by molar-refractivity contribution is 0.853. The van der Waals surface area contributed by atoms with E-state index in [0.29, 0.717) is 5.92 Å². The van der Waals surface area contributed by atoms with Crippen molar-refractivity contribution in [3.05, 3.63) is 34.3 Å². The van der Waals surface area contributed by atoms with Crippen LogP contribution in [0.5, 0.6) is 0 Å². The first-order chi connectivity index (χ1) is 7.99. The third kappa shape index (κ3) is 2.34. The molecular weight excluding hydrogens is 228 g/mol. The number of nitrogen functional groups attached to an aromatic ring is 1. The third-order valence-electron chi connectivity index (χ3n) is 2.81. The van der Waals surface area contributed by atoms with Crippen molar-refractivity contribution < 1.29 is 0 Å².